The molecule has 3 N–H and O–H groups in total. The average molecular weight is 905 g/mol. The summed E-state index contributed by atoms with van der Waals surface area (Å²) in [4.78, 5) is 24.5. The molecule has 0 aromatic rings. The molecule has 6 heteroatoms. The van der Waals surface area contributed by atoms with E-state index < -0.39 is 12.1 Å². The van der Waals surface area contributed by atoms with Crippen LogP contribution < -0.4 is 5.32 Å². The number of esters is 1. The summed E-state index contributed by atoms with van der Waals surface area (Å²) in [5.74, 6) is -0.0637. The lowest BCUT2D eigenvalue weighted by atomic mass is 10.0. The van der Waals surface area contributed by atoms with E-state index in [9.17, 15) is 19.8 Å². The summed E-state index contributed by atoms with van der Waals surface area (Å²) in [5.41, 5.74) is 0. The molecule has 1 amide bonds. The minimum Gasteiger partial charge on any atom is -0.466 e. The molecule has 380 valence electrons. The fourth-order valence-electron chi connectivity index (χ4n) is 9.11. The number of nitrogens with one attached hydrogen (secondary N) is 1. The van der Waals surface area contributed by atoms with E-state index in [0.29, 0.717) is 19.4 Å². The molecular weight excluding hydrogens is 791 g/mol. The zero-order valence-electron chi connectivity index (χ0n) is 43.3. The summed E-state index contributed by atoms with van der Waals surface area (Å²) >= 11 is 0. The van der Waals surface area contributed by atoms with Gasteiger partial charge in [0.2, 0.25) is 5.91 Å². The lowest BCUT2D eigenvalue weighted by Gasteiger charge is -2.20. The van der Waals surface area contributed by atoms with Gasteiger partial charge in [0, 0.05) is 12.8 Å². The van der Waals surface area contributed by atoms with Crippen LogP contribution in [-0.4, -0.2) is 47.4 Å². The molecule has 64 heavy (non-hydrogen) atoms. The largest absolute Gasteiger partial charge is 0.466 e. The maximum absolute atomic E-state index is 12.5. The quantitative estimate of drug-likeness (QED) is 0.0321. The van der Waals surface area contributed by atoms with E-state index in [0.717, 1.165) is 38.5 Å². The lowest BCUT2D eigenvalue weighted by molar-refractivity contribution is -0.143. The van der Waals surface area contributed by atoms with Crippen LogP contribution in [0.5, 0.6) is 0 Å². The van der Waals surface area contributed by atoms with Crippen molar-refractivity contribution in [3.63, 3.8) is 0 Å². The molecule has 0 bridgehead atoms. The van der Waals surface area contributed by atoms with Gasteiger partial charge in [0.05, 0.1) is 25.4 Å². The monoisotopic (exact) mass is 904 g/mol. The number of hydrogen-bond acceptors (Lipinski definition) is 5. The molecule has 2 unspecified atom stereocenters. The topological polar surface area (TPSA) is 95.9 Å². The van der Waals surface area contributed by atoms with Gasteiger partial charge in [-0.3, -0.25) is 9.59 Å². The molecule has 0 aliphatic carbocycles. The van der Waals surface area contributed by atoms with Crippen LogP contribution in [0.25, 0.3) is 0 Å². The van der Waals surface area contributed by atoms with E-state index in [2.05, 4.69) is 19.2 Å². The number of aliphatic hydroxyl groups is 2. The summed E-state index contributed by atoms with van der Waals surface area (Å²) in [6, 6.07) is -0.631. The van der Waals surface area contributed by atoms with Gasteiger partial charge in [0.25, 0.3) is 0 Å². The third kappa shape index (κ3) is 50.0. The first-order chi connectivity index (χ1) is 31.5. The third-order valence-electron chi connectivity index (χ3n) is 13.6. The SMILES string of the molecule is CCCCCCCCCCCCCCCC/C=C/C(O)C(CO)NC(=O)CCCCCCCCCCCCCCCCCCCOC(=O)CCCCCCCCCCCCCCCC. The number of ether oxygens (including phenoxy) is 1. The number of amides is 1. The van der Waals surface area contributed by atoms with Crippen molar-refractivity contribution in [1.82, 2.24) is 5.32 Å². The van der Waals surface area contributed by atoms with Crippen molar-refractivity contribution < 1.29 is 24.5 Å². The van der Waals surface area contributed by atoms with Gasteiger partial charge in [-0.1, -0.05) is 289 Å². The second-order valence-corrected chi connectivity index (χ2v) is 20.0. The van der Waals surface area contributed by atoms with E-state index >= 15 is 0 Å². The molecule has 0 aliphatic heterocycles. The molecule has 0 saturated heterocycles. The van der Waals surface area contributed by atoms with Crippen molar-refractivity contribution in [2.75, 3.05) is 13.2 Å². The second kappa shape index (κ2) is 54.2. The average Bonchev–Trinajstić information content (AvgIpc) is 3.29. The molecule has 0 rings (SSSR count). The summed E-state index contributed by atoms with van der Waals surface area (Å²) in [6.45, 7) is 4.91. The number of hydrogen-bond donors (Lipinski definition) is 3. The minimum atomic E-state index is -0.847. The summed E-state index contributed by atoms with van der Waals surface area (Å²) in [5, 5.41) is 23.1. The van der Waals surface area contributed by atoms with E-state index in [1.54, 1.807) is 6.08 Å². The highest BCUT2D eigenvalue weighted by Crippen LogP contribution is 2.17. The van der Waals surface area contributed by atoms with Crippen molar-refractivity contribution >= 4 is 11.9 Å². The zero-order chi connectivity index (χ0) is 46.5. The number of carbonyl (C=O) groups excluding carboxylic acids is 2. The van der Waals surface area contributed by atoms with Crippen LogP contribution in [0.4, 0.5) is 0 Å². The van der Waals surface area contributed by atoms with Crippen LogP contribution in [-0.2, 0) is 14.3 Å². The van der Waals surface area contributed by atoms with Gasteiger partial charge in [-0.15, -0.1) is 0 Å². The lowest BCUT2D eigenvalue weighted by Crippen LogP contribution is -2.45. The molecule has 0 aromatic heterocycles. The highest BCUT2D eigenvalue weighted by Gasteiger charge is 2.18. The number of aliphatic hydroxyl groups excluding tert-OH is 2. The summed E-state index contributed by atoms with van der Waals surface area (Å²) in [6.07, 6.45) is 63.7. The zero-order valence-corrected chi connectivity index (χ0v) is 43.3. The van der Waals surface area contributed by atoms with Gasteiger partial charge in [-0.25, -0.2) is 0 Å². The Bertz CT molecular complexity index is 955. The van der Waals surface area contributed by atoms with E-state index in [4.69, 9.17) is 4.74 Å². The Morgan fingerprint density at radius 1 is 0.422 bits per heavy atom. The predicted molar refractivity (Wildman–Crippen MR) is 278 cm³/mol. The molecule has 0 saturated carbocycles. The van der Waals surface area contributed by atoms with Crippen LogP contribution in [0.1, 0.15) is 322 Å². The fourth-order valence-corrected chi connectivity index (χ4v) is 9.11. The Hall–Kier alpha value is -1.40. The molecule has 0 radical (unpaired) electrons. The molecule has 0 spiro atoms. The summed E-state index contributed by atoms with van der Waals surface area (Å²) in [7, 11) is 0. The molecule has 2 atom stereocenters. The van der Waals surface area contributed by atoms with Gasteiger partial charge >= 0.3 is 5.97 Å². The minimum absolute atomic E-state index is 0.00722. The standard InChI is InChI=1S/C58H113NO5/c1-3-5-7-9-11-13-15-17-19-23-26-30-34-38-42-46-50-56(61)55(54-60)59-57(62)51-47-43-39-35-31-27-24-21-20-22-25-29-33-37-41-45-49-53-64-58(63)52-48-44-40-36-32-28-18-16-14-12-10-8-6-4-2/h46,50,55-56,60-61H,3-45,47-49,51-54H2,1-2H3,(H,59,62)/b50-46+. The highest BCUT2D eigenvalue weighted by molar-refractivity contribution is 5.76. The van der Waals surface area contributed by atoms with Gasteiger partial charge in [-0.05, 0) is 32.1 Å². The maximum Gasteiger partial charge on any atom is 0.305 e. The molecular formula is C58H113NO5. The predicted octanol–water partition coefficient (Wildman–Crippen LogP) is 17.7. The van der Waals surface area contributed by atoms with E-state index in [1.807, 2.05) is 6.08 Å². The van der Waals surface area contributed by atoms with Gasteiger partial charge in [-0.2, -0.15) is 0 Å². The normalized spacial score (nSPS) is 12.6. The van der Waals surface area contributed by atoms with Crippen molar-refractivity contribution in [3.05, 3.63) is 12.2 Å². The first kappa shape index (κ1) is 62.6. The third-order valence-corrected chi connectivity index (χ3v) is 13.6. The van der Waals surface area contributed by atoms with Crippen molar-refractivity contribution in [1.29, 1.82) is 0 Å². The Kier molecular flexibility index (Phi) is 53.0. The first-order valence-corrected chi connectivity index (χ1v) is 29.0. The second-order valence-electron chi connectivity index (χ2n) is 20.0. The van der Waals surface area contributed by atoms with Gasteiger partial charge < -0.3 is 20.3 Å². The van der Waals surface area contributed by atoms with Crippen LogP contribution >= 0.6 is 0 Å². The Labute approximate surface area is 399 Å². The first-order valence-electron chi connectivity index (χ1n) is 29.0. The Morgan fingerprint density at radius 3 is 1.06 bits per heavy atom. The Balaban J connectivity index is 3.43. The van der Waals surface area contributed by atoms with Crippen molar-refractivity contribution in [2.24, 2.45) is 0 Å². The number of unbranched alkanes of at least 4 members (excludes halogenated alkanes) is 43. The van der Waals surface area contributed by atoms with Crippen LogP contribution in [0, 0.1) is 0 Å². The van der Waals surface area contributed by atoms with Crippen LogP contribution in [0.2, 0.25) is 0 Å². The maximum atomic E-state index is 12.5. The van der Waals surface area contributed by atoms with Crippen molar-refractivity contribution in [2.45, 2.75) is 334 Å². The van der Waals surface area contributed by atoms with E-state index in [1.165, 1.54) is 257 Å². The van der Waals surface area contributed by atoms with Crippen LogP contribution in [0.3, 0.4) is 0 Å². The smallest absolute Gasteiger partial charge is 0.305 e. The number of rotatable bonds is 54. The molecule has 0 heterocycles. The molecule has 6 nitrogen and oxygen atoms in total. The fraction of sp³-hybridized carbons (Fsp3) is 0.931. The summed E-state index contributed by atoms with van der Waals surface area (Å²) < 4.78 is 5.48. The van der Waals surface area contributed by atoms with Gasteiger partial charge in [0.15, 0.2) is 0 Å². The molecule has 0 aliphatic rings. The Morgan fingerprint density at radius 2 is 0.719 bits per heavy atom. The van der Waals surface area contributed by atoms with Gasteiger partial charge in [0.1, 0.15) is 0 Å². The van der Waals surface area contributed by atoms with E-state index in [-0.39, 0.29) is 18.5 Å². The molecule has 0 fully saturated rings. The number of allylic oxidation sites excluding steroid dienone is 1. The van der Waals surface area contributed by atoms with Crippen LogP contribution in [0.15, 0.2) is 12.2 Å². The number of carbonyl (C=O) groups is 2. The van der Waals surface area contributed by atoms with Crippen molar-refractivity contribution in [3.8, 4) is 0 Å². The highest BCUT2D eigenvalue weighted by atomic mass is 16.5. The molecule has 0 aromatic carbocycles.